The first-order chi connectivity index (χ1) is 15.4. The van der Waals surface area contributed by atoms with E-state index in [-0.39, 0.29) is 28.8 Å². The number of nitrogens with zero attached hydrogens (tertiary/aromatic N) is 3. The van der Waals surface area contributed by atoms with E-state index in [0.29, 0.717) is 23.1 Å². The molecule has 176 valence electrons. The first-order valence-corrected chi connectivity index (χ1v) is 11.7. The number of para-hydroxylation sites is 1. The predicted octanol–water partition coefficient (Wildman–Crippen LogP) is 5.98. The van der Waals surface area contributed by atoms with Gasteiger partial charge < -0.3 is 4.90 Å². The number of hydrogen-bond acceptors (Lipinski definition) is 3. The van der Waals surface area contributed by atoms with Gasteiger partial charge in [0.15, 0.2) is 0 Å². The lowest BCUT2D eigenvalue weighted by Crippen LogP contribution is -2.35. The number of carbonyl (C=O) groups is 1. The van der Waals surface area contributed by atoms with Crippen LogP contribution >= 0.6 is 0 Å². The van der Waals surface area contributed by atoms with Gasteiger partial charge in [-0.05, 0) is 62.3 Å². The molecule has 1 aromatic heterocycles. The second kappa shape index (κ2) is 9.50. The molecule has 1 heterocycles. The molecule has 0 spiro atoms. The molecule has 0 saturated carbocycles. The molecule has 1 amide bonds. The third-order valence-electron chi connectivity index (χ3n) is 6.23. The fourth-order valence-electron chi connectivity index (χ4n) is 4.67. The number of aryl methyl sites for hydroxylation is 2. The van der Waals surface area contributed by atoms with Crippen LogP contribution in [0.1, 0.15) is 70.5 Å². The fraction of sp³-hybridized carbons (Fsp3) is 0.464. The van der Waals surface area contributed by atoms with Crippen LogP contribution in [-0.4, -0.2) is 27.4 Å². The third-order valence-corrected chi connectivity index (χ3v) is 6.23. The minimum absolute atomic E-state index is 0.0637. The van der Waals surface area contributed by atoms with Crippen molar-refractivity contribution in [3.05, 3.63) is 69.8 Å². The summed E-state index contributed by atoms with van der Waals surface area (Å²) in [5, 5.41) is 0.571. The molecule has 0 N–H and O–H groups in total. The SMILES string of the molecule is Cc1ccc(-n2c(C(C)N(C)C(=O)CC(C)CC(C)(C)C)nc3ccccc3c2=O)c(C)c1. The quantitative estimate of drug-likeness (QED) is 0.467. The molecule has 5 heteroatoms. The molecule has 0 saturated heterocycles. The van der Waals surface area contributed by atoms with Gasteiger partial charge in [-0.3, -0.25) is 14.2 Å². The van der Waals surface area contributed by atoms with Crippen molar-refractivity contribution in [2.45, 2.75) is 67.3 Å². The van der Waals surface area contributed by atoms with Gasteiger partial charge in [-0.1, -0.05) is 57.5 Å². The number of benzene rings is 2. The van der Waals surface area contributed by atoms with Gasteiger partial charge in [0.05, 0.1) is 22.6 Å². The van der Waals surface area contributed by atoms with Gasteiger partial charge >= 0.3 is 0 Å². The van der Waals surface area contributed by atoms with Crippen molar-refractivity contribution in [2.24, 2.45) is 11.3 Å². The molecular weight excluding hydrogens is 410 g/mol. The van der Waals surface area contributed by atoms with E-state index in [1.165, 1.54) is 0 Å². The molecule has 3 rings (SSSR count). The Morgan fingerprint density at radius 2 is 1.76 bits per heavy atom. The Labute approximate surface area is 197 Å². The molecule has 0 aliphatic rings. The zero-order valence-corrected chi connectivity index (χ0v) is 21.3. The van der Waals surface area contributed by atoms with Crippen LogP contribution in [0.3, 0.4) is 0 Å². The molecule has 0 aliphatic heterocycles. The fourth-order valence-corrected chi connectivity index (χ4v) is 4.67. The summed E-state index contributed by atoms with van der Waals surface area (Å²) in [7, 11) is 1.81. The summed E-state index contributed by atoms with van der Waals surface area (Å²) >= 11 is 0. The zero-order valence-electron chi connectivity index (χ0n) is 21.3. The number of fused-ring (bicyclic) bond motifs is 1. The highest BCUT2D eigenvalue weighted by Crippen LogP contribution is 2.28. The van der Waals surface area contributed by atoms with Crippen LogP contribution in [0.4, 0.5) is 0 Å². The van der Waals surface area contributed by atoms with Gasteiger partial charge in [-0.2, -0.15) is 0 Å². The molecule has 0 aliphatic carbocycles. The highest BCUT2D eigenvalue weighted by molar-refractivity contribution is 5.79. The summed E-state index contributed by atoms with van der Waals surface area (Å²) in [4.78, 5) is 33.4. The smallest absolute Gasteiger partial charge is 0.266 e. The van der Waals surface area contributed by atoms with Gasteiger partial charge in [0.1, 0.15) is 5.82 Å². The Morgan fingerprint density at radius 1 is 1.09 bits per heavy atom. The normalized spacial score (nSPS) is 13.7. The Kier molecular flexibility index (Phi) is 7.11. The van der Waals surface area contributed by atoms with Gasteiger partial charge in [0.2, 0.25) is 5.91 Å². The molecule has 33 heavy (non-hydrogen) atoms. The minimum atomic E-state index is -0.364. The van der Waals surface area contributed by atoms with Crippen LogP contribution < -0.4 is 5.56 Å². The lowest BCUT2D eigenvalue weighted by Gasteiger charge is -2.29. The van der Waals surface area contributed by atoms with E-state index in [4.69, 9.17) is 4.98 Å². The van der Waals surface area contributed by atoms with Crippen LogP contribution in [0.5, 0.6) is 0 Å². The van der Waals surface area contributed by atoms with Crippen molar-refractivity contribution in [2.75, 3.05) is 7.05 Å². The summed E-state index contributed by atoms with van der Waals surface area (Å²) in [5.74, 6) is 0.914. The van der Waals surface area contributed by atoms with E-state index >= 15 is 0 Å². The average Bonchev–Trinajstić information content (AvgIpc) is 2.72. The molecule has 0 bridgehead atoms. The minimum Gasteiger partial charge on any atom is -0.336 e. The largest absolute Gasteiger partial charge is 0.336 e. The van der Waals surface area contributed by atoms with Gasteiger partial charge in [0.25, 0.3) is 5.56 Å². The second-order valence-electron chi connectivity index (χ2n) is 10.7. The summed E-state index contributed by atoms with van der Waals surface area (Å²) in [6, 6.07) is 13.1. The van der Waals surface area contributed by atoms with Crippen molar-refractivity contribution in [3.8, 4) is 5.69 Å². The molecule has 0 radical (unpaired) electrons. The number of amides is 1. The van der Waals surface area contributed by atoms with Crippen LogP contribution in [0.25, 0.3) is 16.6 Å². The van der Waals surface area contributed by atoms with E-state index in [2.05, 4.69) is 33.8 Å². The van der Waals surface area contributed by atoms with Crippen LogP contribution in [-0.2, 0) is 4.79 Å². The van der Waals surface area contributed by atoms with Crippen molar-refractivity contribution in [1.82, 2.24) is 14.5 Å². The predicted molar refractivity (Wildman–Crippen MR) is 136 cm³/mol. The molecule has 2 unspecified atom stereocenters. The number of hydrogen-bond donors (Lipinski definition) is 0. The highest BCUT2D eigenvalue weighted by Gasteiger charge is 2.26. The molecule has 3 aromatic rings. The molecular formula is C28H37N3O2. The van der Waals surface area contributed by atoms with E-state index in [1.54, 1.807) is 9.47 Å². The van der Waals surface area contributed by atoms with Crippen LogP contribution in [0.2, 0.25) is 0 Å². The van der Waals surface area contributed by atoms with E-state index in [1.807, 2.05) is 64.2 Å². The van der Waals surface area contributed by atoms with Gasteiger partial charge in [0, 0.05) is 13.5 Å². The van der Waals surface area contributed by atoms with Crippen LogP contribution in [0, 0.1) is 25.2 Å². The van der Waals surface area contributed by atoms with Crippen molar-refractivity contribution < 1.29 is 4.79 Å². The Hall–Kier alpha value is -2.95. The van der Waals surface area contributed by atoms with Crippen molar-refractivity contribution in [3.63, 3.8) is 0 Å². The Balaban J connectivity index is 2.07. The molecule has 2 aromatic carbocycles. The average molecular weight is 448 g/mol. The summed E-state index contributed by atoms with van der Waals surface area (Å²) < 4.78 is 1.68. The van der Waals surface area contributed by atoms with Crippen molar-refractivity contribution in [1.29, 1.82) is 0 Å². The monoisotopic (exact) mass is 447 g/mol. The standard InChI is InChI=1S/C28H37N3O2/c1-18-13-14-24(20(3)15-18)31-26(29-23-12-10-9-11-22(23)27(31)33)21(4)30(8)25(32)16-19(2)17-28(5,6)7/h9-15,19,21H,16-17H2,1-8H3. The summed E-state index contributed by atoms with van der Waals surface area (Å²) in [5.41, 5.74) is 3.63. The van der Waals surface area contributed by atoms with Gasteiger partial charge in [-0.25, -0.2) is 4.98 Å². The molecule has 0 fully saturated rings. The van der Waals surface area contributed by atoms with Crippen molar-refractivity contribution >= 4 is 16.8 Å². The topological polar surface area (TPSA) is 55.2 Å². The highest BCUT2D eigenvalue weighted by atomic mass is 16.2. The molecule has 2 atom stereocenters. The van der Waals surface area contributed by atoms with E-state index < -0.39 is 0 Å². The first-order valence-electron chi connectivity index (χ1n) is 11.7. The lowest BCUT2D eigenvalue weighted by molar-refractivity contribution is -0.133. The third kappa shape index (κ3) is 5.52. The van der Waals surface area contributed by atoms with E-state index in [0.717, 1.165) is 23.2 Å². The Bertz CT molecular complexity index is 1220. The van der Waals surface area contributed by atoms with Gasteiger partial charge in [-0.15, -0.1) is 0 Å². The summed E-state index contributed by atoms with van der Waals surface area (Å²) in [6.45, 7) is 14.7. The maximum atomic E-state index is 13.6. The number of aromatic nitrogens is 2. The Morgan fingerprint density at radius 3 is 2.39 bits per heavy atom. The van der Waals surface area contributed by atoms with Crippen LogP contribution in [0.15, 0.2) is 47.3 Å². The lowest BCUT2D eigenvalue weighted by atomic mass is 9.84. The van der Waals surface area contributed by atoms with E-state index in [9.17, 15) is 9.59 Å². The number of carbonyl (C=O) groups excluding carboxylic acids is 1. The summed E-state index contributed by atoms with van der Waals surface area (Å²) in [6.07, 6.45) is 1.45. The second-order valence-corrected chi connectivity index (χ2v) is 10.7. The zero-order chi connectivity index (χ0) is 24.5. The molecule has 5 nitrogen and oxygen atoms in total. The maximum Gasteiger partial charge on any atom is 0.266 e. The first kappa shape index (κ1) is 24.7. The number of rotatable bonds is 6. The maximum absolute atomic E-state index is 13.6.